The van der Waals surface area contributed by atoms with Crippen molar-refractivity contribution in [2.24, 2.45) is 0 Å². The summed E-state index contributed by atoms with van der Waals surface area (Å²) in [5.74, 6) is 0. The van der Waals surface area contributed by atoms with Crippen LogP contribution in [0.1, 0.15) is 39.7 Å². The van der Waals surface area contributed by atoms with E-state index in [1.807, 2.05) is 20.8 Å². The number of amides is 1. The predicted molar refractivity (Wildman–Crippen MR) is 97.0 cm³/mol. The van der Waals surface area contributed by atoms with E-state index in [0.29, 0.717) is 18.6 Å². The first-order valence-electron chi connectivity index (χ1n) is 8.82. The van der Waals surface area contributed by atoms with Gasteiger partial charge in [0.05, 0.1) is 0 Å². The molecule has 2 unspecified atom stereocenters. The molecule has 2 rings (SSSR count). The van der Waals surface area contributed by atoms with Crippen LogP contribution in [0, 0.1) is 0 Å². The summed E-state index contributed by atoms with van der Waals surface area (Å²) in [5.41, 5.74) is 0.910. The van der Waals surface area contributed by atoms with Crippen molar-refractivity contribution in [3.05, 3.63) is 35.9 Å². The molecule has 1 aliphatic heterocycles. The van der Waals surface area contributed by atoms with Crippen LogP contribution in [0.4, 0.5) is 4.79 Å². The smallest absolute Gasteiger partial charge is 0.407 e. The van der Waals surface area contributed by atoms with Crippen LogP contribution < -0.4 is 10.6 Å². The first-order valence-corrected chi connectivity index (χ1v) is 8.82. The highest BCUT2D eigenvalue weighted by atomic mass is 16.6. The molecule has 0 aromatic heterocycles. The lowest BCUT2D eigenvalue weighted by molar-refractivity contribution is 0.0528. The highest BCUT2D eigenvalue weighted by Gasteiger charge is 2.28. The van der Waals surface area contributed by atoms with Gasteiger partial charge in [-0.05, 0) is 39.7 Å². The SMILES string of the molecule is CC1CC(NCCNC(=O)OC(C)(C)C)CN1Cc1ccccc1. The second kappa shape index (κ2) is 8.49. The lowest BCUT2D eigenvalue weighted by atomic mass is 10.2. The molecule has 0 bridgehead atoms. The Morgan fingerprint density at radius 1 is 1.25 bits per heavy atom. The maximum absolute atomic E-state index is 11.6. The van der Waals surface area contributed by atoms with Crippen molar-refractivity contribution in [3.63, 3.8) is 0 Å². The Balaban J connectivity index is 1.65. The van der Waals surface area contributed by atoms with Crippen molar-refractivity contribution in [1.82, 2.24) is 15.5 Å². The lowest BCUT2D eigenvalue weighted by Gasteiger charge is -2.21. The van der Waals surface area contributed by atoms with Crippen LogP contribution in [0.15, 0.2) is 30.3 Å². The van der Waals surface area contributed by atoms with E-state index < -0.39 is 5.60 Å². The summed E-state index contributed by atoms with van der Waals surface area (Å²) in [6, 6.07) is 11.6. The quantitative estimate of drug-likeness (QED) is 0.786. The topological polar surface area (TPSA) is 53.6 Å². The van der Waals surface area contributed by atoms with Gasteiger partial charge in [0.25, 0.3) is 0 Å². The second-order valence-electron chi connectivity index (χ2n) is 7.58. The number of hydrogen-bond donors (Lipinski definition) is 2. The maximum Gasteiger partial charge on any atom is 0.407 e. The molecule has 24 heavy (non-hydrogen) atoms. The molecule has 0 spiro atoms. The standard InChI is InChI=1S/C19H31N3O2/c1-15-12-17(14-22(15)13-16-8-6-5-7-9-16)20-10-11-21-18(23)24-19(2,3)4/h5-9,15,17,20H,10-14H2,1-4H3,(H,21,23). The molecular weight excluding hydrogens is 302 g/mol. The molecule has 1 aromatic rings. The van der Waals surface area contributed by atoms with E-state index in [1.165, 1.54) is 5.56 Å². The molecule has 1 amide bonds. The average Bonchev–Trinajstić information content (AvgIpc) is 2.83. The zero-order chi connectivity index (χ0) is 17.6. The van der Waals surface area contributed by atoms with Gasteiger partial charge >= 0.3 is 6.09 Å². The fourth-order valence-corrected chi connectivity index (χ4v) is 3.04. The van der Waals surface area contributed by atoms with E-state index in [-0.39, 0.29) is 6.09 Å². The third kappa shape index (κ3) is 6.49. The Labute approximate surface area is 145 Å². The Kier molecular flexibility index (Phi) is 6.63. The number of carbonyl (C=O) groups is 1. The van der Waals surface area contributed by atoms with Crippen LogP contribution in [0.5, 0.6) is 0 Å². The van der Waals surface area contributed by atoms with Crippen LogP contribution in [-0.4, -0.2) is 48.3 Å². The van der Waals surface area contributed by atoms with E-state index in [2.05, 4.69) is 52.8 Å². The summed E-state index contributed by atoms with van der Waals surface area (Å²) >= 11 is 0. The minimum atomic E-state index is -0.448. The minimum Gasteiger partial charge on any atom is -0.444 e. The third-order valence-corrected chi connectivity index (χ3v) is 4.16. The summed E-state index contributed by atoms with van der Waals surface area (Å²) in [4.78, 5) is 14.1. The summed E-state index contributed by atoms with van der Waals surface area (Å²) < 4.78 is 5.22. The second-order valence-corrected chi connectivity index (χ2v) is 7.58. The molecule has 1 aliphatic rings. The minimum absolute atomic E-state index is 0.352. The van der Waals surface area contributed by atoms with Gasteiger partial charge in [0.15, 0.2) is 0 Å². The molecular formula is C19H31N3O2. The van der Waals surface area contributed by atoms with Crippen molar-refractivity contribution in [2.45, 2.75) is 58.3 Å². The fourth-order valence-electron chi connectivity index (χ4n) is 3.04. The number of hydrogen-bond acceptors (Lipinski definition) is 4. The Morgan fingerprint density at radius 3 is 2.62 bits per heavy atom. The lowest BCUT2D eigenvalue weighted by Crippen LogP contribution is -2.40. The van der Waals surface area contributed by atoms with Crippen LogP contribution in [-0.2, 0) is 11.3 Å². The summed E-state index contributed by atoms with van der Waals surface area (Å²) in [6.07, 6.45) is 0.786. The zero-order valence-corrected chi connectivity index (χ0v) is 15.3. The van der Waals surface area contributed by atoms with E-state index in [0.717, 1.165) is 26.1 Å². The predicted octanol–water partition coefficient (Wildman–Crippen LogP) is 2.76. The molecule has 1 aromatic carbocycles. The first kappa shape index (κ1) is 18.7. The molecule has 1 saturated heterocycles. The molecule has 0 saturated carbocycles. The van der Waals surface area contributed by atoms with Crippen molar-refractivity contribution in [1.29, 1.82) is 0 Å². The van der Waals surface area contributed by atoms with Gasteiger partial charge in [-0.15, -0.1) is 0 Å². The van der Waals surface area contributed by atoms with Gasteiger partial charge in [-0.2, -0.15) is 0 Å². The number of benzene rings is 1. The number of ether oxygens (including phenoxy) is 1. The summed E-state index contributed by atoms with van der Waals surface area (Å²) in [6.45, 7) is 11.3. The number of rotatable bonds is 6. The van der Waals surface area contributed by atoms with Crippen LogP contribution in [0.25, 0.3) is 0 Å². The summed E-state index contributed by atoms with van der Waals surface area (Å²) in [7, 11) is 0. The number of alkyl carbamates (subject to hydrolysis) is 1. The number of likely N-dealkylation sites (tertiary alicyclic amines) is 1. The van der Waals surface area contributed by atoms with Crippen molar-refractivity contribution in [2.75, 3.05) is 19.6 Å². The Bertz CT molecular complexity index is 513. The molecule has 0 radical (unpaired) electrons. The van der Waals surface area contributed by atoms with Crippen molar-refractivity contribution >= 4 is 6.09 Å². The first-order chi connectivity index (χ1) is 11.3. The van der Waals surface area contributed by atoms with Crippen LogP contribution >= 0.6 is 0 Å². The molecule has 2 N–H and O–H groups in total. The van der Waals surface area contributed by atoms with Gasteiger partial charge in [-0.3, -0.25) is 4.90 Å². The molecule has 5 heteroatoms. The van der Waals surface area contributed by atoms with Crippen LogP contribution in [0.2, 0.25) is 0 Å². The highest BCUT2D eigenvalue weighted by Crippen LogP contribution is 2.20. The maximum atomic E-state index is 11.6. The number of nitrogens with one attached hydrogen (secondary N) is 2. The molecule has 1 fully saturated rings. The largest absolute Gasteiger partial charge is 0.444 e. The van der Waals surface area contributed by atoms with E-state index in [1.54, 1.807) is 0 Å². The van der Waals surface area contributed by atoms with Crippen LogP contribution in [0.3, 0.4) is 0 Å². The van der Waals surface area contributed by atoms with Gasteiger partial charge in [-0.1, -0.05) is 30.3 Å². The monoisotopic (exact) mass is 333 g/mol. The van der Waals surface area contributed by atoms with Gasteiger partial charge in [0.1, 0.15) is 5.60 Å². The molecule has 1 heterocycles. The highest BCUT2D eigenvalue weighted by molar-refractivity contribution is 5.67. The third-order valence-electron chi connectivity index (χ3n) is 4.16. The zero-order valence-electron chi connectivity index (χ0n) is 15.3. The number of carbonyl (C=O) groups excluding carboxylic acids is 1. The van der Waals surface area contributed by atoms with E-state index in [9.17, 15) is 4.79 Å². The molecule has 134 valence electrons. The van der Waals surface area contributed by atoms with Crippen molar-refractivity contribution < 1.29 is 9.53 Å². The molecule has 0 aliphatic carbocycles. The van der Waals surface area contributed by atoms with Gasteiger partial charge < -0.3 is 15.4 Å². The van der Waals surface area contributed by atoms with E-state index in [4.69, 9.17) is 4.74 Å². The van der Waals surface area contributed by atoms with Gasteiger partial charge in [0, 0.05) is 38.3 Å². The van der Waals surface area contributed by atoms with Gasteiger partial charge in [-0.25, -0.2) is 4.79 Å². The number of nitrogens with zero attached hydrogens (tertiary/aromatic N) is 1. The normalized spacial score (nSPS) is 21.7. The fraction of sp³-hybridized carbons (Fsp3) is 0.632. The molecule has 2 atom stereocenters. The Hall–Kier alpha value is -1.59. The average molecular weight is 333 g/mol. The van der Waals surface area contributed by atoms with E-state index >= 15 is 0 Å². The summed E-state index contributed by atoms with van der Waals surface area (Å²) in [5, 5.41) is 6.32. The van der Waals surface area contributed by atoms with Gasteiger partial charge in [0.2, 0.25) is 0 Å². The van der Waals surface area contributed by atoms with Crippen molar-refractivity contribution in [3.8, 4) is 0 Å². The Morgan fingerprint density at radius 2 is 1.96 bits per heavy atom. The molecule has 5 nitrogen and oxygen atoms in total.